The summed E-state index contributed by atoms with van der Waals surface area (Å²) in [5.41, 5.74) is 0. The first kappa shape index (κ1) is 69.4. The van der Waals surface area contributed by atoms with Crippen molar-refractivity contribution in [3.8, 4) is 0 Å². The summed E-state index contributed by atoms with van der Waals surface area (Å²) >= 11 is 0. The number of rotatable bonds is 58. The quantitative estimate of drug-likeness (QED) is 0.0261. The van der Waals surface area contributed by atoms with Gasteiger partial charge in [-0.05, 0) is 103 Å². The fourth-order valence-electron chi connectivity index (χ4n) is 9.23. The second-order valence-electron chi connectivity index (χ2n) is 21.3. The number of carbonyl (C=O) groups is 3. The van der Waals surface area contributed by atoms with Crippen molar-refractivity contribution in [1.29, 1.82) is 0 Å². The highest BCUT2D eigenvalue weighted by molar-refractivity contribution is 5.71. The lowest BCUT2D eigenvalue weighted by Crippen LogP contribution is -2.30. The van der Waals surface area contributed by atoms with Crippen molar-refractivity contribution < 1.29 is 28.6 Å². The molecule has 0 heterocycles. The summed E-state index contributed by atoms with van der Waals surface area (Å²) in [5, 5.41) is 0. The molecule has 6 heteroatoms. The van der Waals surface area contributed by atoms with E-state index in [0.717, 1.165) is 70.6 Å². The van der Waals surface area contributed by atoms with Crippen LogP contribution in [0, 0.1) is 0 Å². The number of hydrogen-bond donors (Lipinski definition) is 0. The van der Waals surface area contributed by atoms with Crippen molar-refractivity contribution in [1.82, 2.24) is 0 Å². The Kier molecular flexibility index (Phi) is 58.7. The third kappa shape index (κ3) is 58.3. The highest BCUT2D eigenvalue weighted by Crippen LogP contribution is 2.16. The van der Waals surface area contributed by atoms with Crippen molar-refractivity contribution in [2.24, 2.45) is 0 Å². The molecule has 0 saturated heterocycles. The van der Waals surface area contributed by atoms with Gasteiger partial charge in [0.05, 0.1) is 0 Å². The zero-order valence-electron chi connectivity index (χ0n) is 48.2. The summed E-state index contributed by atoms with van der Waals surface area (Å²) in [4.78, 5) is 38.2. The van der Waals surface area contributed by atoms with Crippen LogP contribution < -0.4 is 0 Å². The van der Waals surface area contributed by atoms with Crippen LogP contribution in [0.4, 0.5) is 0 Å². The lowest BCUT2D eigenvalue weighted by Gasteiger charge is -2.18. The standard InChI is InChI=1S/C66H120O6/c1-4-7-10-13-16-19-22-25-27-29-30-31-32-33-34-35-36-38-39-41-44-47-50-53-56-59-65(68)71-62-63(61-70-64(67)58-55-52-49-46-43-24-21-18-15-12-9-6-3)72-66(69)60-57-54-51-48-45-42-40-37-28-26-23-20-17-14-11-8-5-2/h18,21-22,25-26,28-30,63H,4-17,19-20,23-24,27,31-62H2,1-3H3/b21-18-,25-22-,28-26-,30-29-. The summed E-state index contributed by atoms with van der Waals surface area (Å²) in [7, 11) is 0. The predicted molar refractivity (Wildman–Crippen MR) is 312 cm³/mol. The van der Waals surface area contributed by atoms with Gasteiger partial charge < -0.3 is 14.2 Å². The molecule has 420 valence electrons. The first-order valence-electron chi connectivity index (χ1n) is 31.6. The summed E-state index contributed by atoms with van der Waals surface area (Å²) in [6, 6.07) is 0. The molecule has 1 unspecified atom stereocenters. The summed E-state index contributed by atoms with van der Waals surface area (Å²) in [6.07, 6.45) is 75.4. The van der Waals surface area contributed by atoms with Crippen LogP contribution in [0.5, 0.6) is 0 Å². The number of hydrogen-bond acceptors (Lipinski definition) is 6. The van der Waals surface area contributed by atoms with Gasteiger partial charge >= 0.3 is 17.9 Å². The van der Waals surface area contributed by atoms with Gasteiger partial charge in [-0.3, -0.25) is 14.4 Å². The topological polar surface area (TPSA) is 78.9 Å². The molecular formula is C66H120O6. The summed E-state index contributed by atoms with van der Waals surface area (Å²) < 4.78 is 16.9. The molecular weight excluding hydrogens is 889 g/mol. The number of esters is 3. The average molecular weight is 1010 g/mol. The number of carbonyl (C=O) groups excluding carboxylic acids is 3. The zero-order valence-corrected chi connectivity index (χ0v) is 48.2. The van der Waals surface area contributed by atoms with Crippen LogP contribution in [0.25, 0.3) is 0 Å². The van der Waals surface area contributed by atoms with Crippen molar-refractivity contribution in [2.75, 3.05) is 13.2 Å². The van der Waals surface area contributed by atoms with E-state index in [1.165, 1.54) is 225 Å². The van der Waals surface area contributed by atoms with Crippen molar-refractivity contribution in [3.05, 3.63) is 48.6 Å². The van der Waals surface area contributed by atoms with Gasteiger partial charge in [-0.25, -0.2) is 0 Å². The third-order valence-corrected chi connectivity index (χ3v) is 14.0. The minimum absolute atomic E-state index is 0.0755. The van der Waals surface area contributed by atoms with Crippen LogP contribution in [0.1, 0.15) is 335 Å². The Morgan fingerprint density at radius 2 is 0.500 bits per heavy atom. The second-order valence-corrected chi connectivity index (χ2v) is 21.3. The summed E-state index contributed by atoms with van der Waals surface area (Å²) in [5.74, 6) is -0.873. The number of ether oxygens (including phenoxy) is 3. The minimum atomic E-state index is -0.778. The maximum Gasteiger partial charge on any atom is 0.306 e. The normalized spacial score (nSPS) is 12.3. The molecule has 0 amide bonds. The van der Waals surface area contributed by atoms with Crippen molar-refractivity contribution in [3.63, 3.8) is 0 Å². The van der Waals surface area contributed by atoms with Gasteiger partial charge in [0, 0.05) is 19.3 Å². The van der Waals surface area contributed by atoms with Crippen molar-refractivity contribution in [2.45, 2.75) is 341 Å². The predicted octanol–water partition coefficient (Wildman–Crippen LogP) is 21.4. The maximum atomic E-state index is 12.9. The Labute approximate surface area is 448 Å². The molecule has 0 radical (unpaired) electrons. The first-order chi connectivity index (χ1) is 35.5. The average Bonchev–Trinajstić information content (AvgIpc) is 3.38. The van der Waals surface area contributed by atoms with Crippen LogP contribution in [0.2, 0.25) is 0 Å². The fourth-order valence-corrected chi connectivity index (χ4v) is 9.23. The molecule has 0 aromatic carbocycles. The molecule has 0 aromatic rings. The molecule has 0 aromatic heterocycles. The van der Waals surface area contributed by atoms with Gasteiger partial charge in [-0.15, -0.1) is 0 Å². The lowest BCUT2D eigenvalue weighted by atomic mass is 10.0. The Morgan fingerprint density at radius 1 is 0.278 bits per heavy atom. The largest absolute Gasteiger partial charge is 0.462 e. The van der Waals surface area contributed by atoms with Gasteiger partial charge in [-0.2, -0.15) is 0 Å². The van der Waals surface area contributed by atoms with Crippen LogP contribution in [0.15, 0.2) is 48.6 Å². The second kappa shape index (κ2) is 60.9. The molecule has 0 aliphatic heterocycles. The molecule has 0 spiro atoms. The van der Waals surface area contributed by atoms with Crippen LogP contribution >= 0.6 is 0 Å². The van der Waals surface area contributed by atoms with E-state index in [1.807, 2.05) is 0 Å². The molecule has 0 rings (SSSR count). The van der Waals surface area contributed by atoms with Crippen molar-refractivity contribution >= 4 is 17.9 Å². The summed E-state index contributed by atoms with van der Waals surface area (Å²) in [6.45, 7) is 6.63. The lowest BCUT2D eigenvalue weighted by molar-refractivity contribution is -0.167. The molecule has 0 aliphatic rings. The molecule has 0 aliphatic carbocycles. The first-order valence-corrected chi connectivity index (χ1v) is 31.6. The van der Waals surface area contributed by atoms with E-state index in [4.69, 9.17) is 14.2 Å². The van der Waals surface area contributed by atoms with E-state index >= 15 is 0 Å². The van der Waals surface area contributed by atoms with Gasteiger partial charge in [-0.1, -0.05) is 262 Å². The Hall–Kier alpha value is -2.63. The molecule has 0 fully saturated rings. The SMILES string of the molecule is CCCCC/C=C\CCCCCCCC(=O)OCC(COC(=O)CCCCCCCCCCCCCCC/C=C\C/C=C\CCCCCCC)OC(=O)CCCCCCCCC/C=C\CCCCCCCC. The highest BCUT2D eigenvalue weighted by Gasteiger charge is 2.19. The van der Waals surface area contributed by atoms with E-state index in [-0.39, 0.29) is 31.1 Å². The van der Waals surface area contributed by atoms with Gasteiger partial charge in [0.25, 0.3) is 0 Å². The van der Waals surface area contributed by atoms with E-state index in [2.05, 4.69) is 69.4 Å². The van der Waals surface area contributed by atoms with Gasteiger partial charge in [0.15, 0.2) is 6.10 Å². The molecule has 72 heavy (non-hydrogen) atoms. The van der Waals surface area contributed by atoms with E-state index in [0.29, 0.717) is 19.3 Å². The zero-order chi connectivity index (χ0) is 52.2. The third-order valence-electron chi connectivity index (χ3n) is 14.0. The van der Waals surface area contributed by atoms with E-state index < -0.39 is 6.10 Å². The van der Waals surface area contributed by atoms with Crippen LogP contribution in [-0.2, 0) is 28.6 Å². The highest BCUT2D eigenvalue weighted by atomic mass is 16.6. The molecule has 1 atom stereocenters. The molecule has 0 saturated carbocycles. The molecule has 6 nitrogen and oxygen atoms in total. The fraction of sp³-hybridized carbons (Fsp3) is 0.833. The Bertz CT molecular complexity index is 1250. The van der Waals surface area contributed by atoms with E-state index in [1.54, 1.807) is 0 Å². The monoisotopic (exact) mass is 1010 g/mol. The van der Waals surface area contributed by atoms with Gasteiger partial charge in [0.1, 0.15) is 13.2 Å². The Morgan fingerprint density at radius 3 is 0.806 bits per heavy atom. The molecule has 0 bridgehead atoms. The smallest absolute Gasteiger partial charge is 0.306 e. The number of unbranched alkanes of at least 4 members (excludes halogenated alkanes) is 39. The van der Waals surface area contributed by atoms with Gasteiger partial charge in [0.2, 0.25) is 0 Å². The van der Waals surface area contributed by atoms with Crippen LogP contribution in [0.3, 0.4) is 0 Å². The van der Waals surface area contributed by atoms with Crippen LogP contribution in [-0.4, -0.2) is 37.2 Å². The Balaban J connectivity index is 4.25. The van der Waals surface area contributed by atoms with E-state index in [9.17, 15) is 14.4 Å². The number of allylic oxidation sites excluding steroid dienone is 8. The minimum Gasteiger partial charge on any atom is -0.462 e. The molecule has 0 N–H and O–H groups in total. The maximum absolute atomic E-state index is 12.9.